The zero-order valence-corrected chi connectivity index (χ0v) is 10.3. The number of nitrogens with two attached hydrogens (primary N) is 1. The van der Waals surface area contributed by atoms with Crippen LogP contribution in [0.4, 0.5) is 4.39 Å². The number of hydrogen-bond donors (Lipinski definition) is 1. The molecular formula is C12H18FNS. The van der Waals surface area contributed by atoms with E-state index in [0.717, 1.165) is 11.3 Å². The van der Waals surface area contributed by atoms with E-state index < -0.39 is 0 Å². The van der Waals surface area contributed by atoms with E-state index in [4.69, 9.17) is 5.73 Å². The fraction of sp³-hybridized carbons (Fsp3) is 0.500. The molecule has 0 aliphatic rings. The van der Waals surface area contributed by atoms with Gasteiger partial charge in [0.1, 0.15) is 5.82 Å². The van der Waals surface area contributed by atoms with Gasteiger partial charge in [0, 0.05) is 16.7 Å². The van der Waals surface area contributed by atoms with E-state index in [2.05, 4.69) is 13.8 Å². The molecule has 84 valence electrons. The topological polar surface area (TPSA) is 26.0 Å². The van der Waals surface area contributed by atoms with Crippen LogP contribution in [-0.2, 0) is 0 Å². The van der Waals surface area contributed by atoms with Crippen molar-refractivity contribution in [3.63, 3.8) is 0 Å². The molecule has 2 N–H and O–H groups in total. The molecule has 0 fully saturated rings. The Kier molecular flexibility index (Phi) is 4.61. The van der Waals surface area contributed by atoms with Crippen LogP contribution in [0, 0.1) is 11.7 Å². The number of benzene rings is 1. The minimum Gasteiger partial charge on any atom is -0.324 e. The van der Waals surface area contributed by atoms with Crippen LogP contribution < -0.4 is 5.73 Å². The van der Waals surface area contributed by atoms with Gasteiger partial charge >= 0.3 is 0 Å². The lowest BCUT2D eigenvalue weighted by Gasteiger charge is -2.09. The third-order valence-corrected chi connectivity index (χ3v) is 3.53. The third kappa shape index (κ3) is 3.84. The van der Waals surface area contributed by atoms with Crippen molar-refractivity contribution in [3.05, 3.63) is 29.6 Å². The molecular weight excluding hydrogens is 209 g/mol. The van der Waals surface area contributed by atoms with Gasteiger partial charge in [0.15, 0.2) is 0 Å². The molecule has 3 heteroatoms. The van der Waals surface area contributed by atoms with E-state index in [-0.39, 0.29) is 11.9 Å². The molecule has 1 aromatic carbocycles. The summed E-state index contributed by atoms with van der Waals surface area (Å²) in [5.74, 6) is 1.35. The summed E-state index contributed by atoms with van der Waals surface area (Å²) in [5.41, 5.74) is 6.53. The van der Waals surface area contributed by atoms with Crippen molar-refractivity contribution < 1.29 is 4.39 Å². The van der Waals surface area contributed by atoms with Crippen molar-refractivity contribution >= 4 is 11.8 Å². The van der Waals surface area contributed by atoms with Gasteiger partial charge in [-0.3, -0.25) is 0 Å². The second-order valence-corrected chi connectivity index (χ2v) is 5.25. The third-order valence-electron chi connectivity index (χ3n) is 2.05. The highest BCUT2D eigenvalue weighted by atomic mass is 32.2. The summed E-state index contributed by atoms with van der Waals surface area (Å²) in [5, 5.41) is 0. The summed E-state index contributed by atoms with van der Waals surface area (Å²) in [6.45, 7) is 6.11. The number of thioether (sulfide) groups is 1. The fourth-order valence-electron chi connectivity index (χ4n) is 1.17. The molecule has 15 heavy (non-hydrogen) atoms. The molecule has 1 rings (SSSR count). The van der Waals surface area contributed by atoms with Crippen LogP contribution in [0.1, 0.15) is 32.4 Å². The lowest BCUT2D eigenvalue weighted by molar-refractivity contribution is 0.596. The first-order valence-corrected chi connectivity index (χ1v) is 6.17. The van der Waals surface area contributed by atoms with Gasteiger partial charge in [-0.25, -0.2) is 4.39 Å². The maximum atomic E-state index is 13.6. The van der Waals surface area contributed by atoms with Gasteiger partial charge in [-0.15, -0.1) is 11.8 Å². The van der Waals surface area contributed by atoms with Crippen molar-refractivity contribution in [3.8, 4) is 0 Å². The molecule has 0 aromatic heterocycles. The van der Waals surface area contributed by atoms with Crippen LogP contribution in [-0.4, -0.2) is 5.75 Å². The average molecular weight is 227 g/mol. The summed E-state index contributed by atoms with van der Waals surface area (Å²) in [6.07, 6.45) is 0. The molecule has 0 bridgehead atoms. The largest absolute Gasteiger partial charge is 0.324 e. The summed E-state index contributed by atoms with van der Waals surface area (Å²) < 4.78 is 13.6. The van der Waals surface area contributed by atoms with Crippen molar-refractivity contribution in [2.75, 3.05) is 5.75 Å². The second-order valence-electron chi connectivity index (χ2n) is 4.18. The average Bonchev–Trinajstić information content (AvgIpc) is 2.15. The molecule has 0 amide bonds. The minimum atomic E-state index is -0.157. The Morgan fingerprint density at radius 3 is 2.47 bits per heavy atom. The highest BCUT2D eigenvalue weighted by molar-refractivity contribution is 7.99. The summed E-state index contributed by atoms with van der Waals surface area (Å²) in [7, 11) is 0. The highest BCUT2D eigenvalue weighted by Gasteiger charge is 2.07. The SMILES string of the molecule is CC(C)CSc1ccc(C(C)N)cc1F. The number of rotatable bonds is 4. The fourth-order valence-corrected chi connectivity index (χ4v) is 2.05. The molecule has 0 spiro atoms. The van der Waals surface area contributed by atoms with Crippen molar-refractivity contribution in [1.82, 2.24) is 0 Å². The first-order valence-electron chi connectivity index (χ1n) is 5.18. The standard InChI is InChI=1S/C12H18FNS/c1-8(2)7-15-12-5-4-10(9(3)14)6-11(12)13/h4-6,8-9H,7,14H2,1-3H3. The number of halogens is 1. The smallest absolute Gasteiger partial charge is 0.137 e. The van der Waals surface area contributed by atoms with Crippen LogP contribution in [0.3, 0.4) is 0 Å². The van der Waals surface area contributed by atoms with E-state index in [0.29, 0.717) is 10.8 Å². The van der Waals surface area contributed by atoms with E-state index >= 15 is 0 Å². The van der Waals surface area contributed by atoms with Gasteiger partial charge < -0.3 is 5.73 Å². The zero-order valence-electron chi connectivity index (χ0n) is 9.46. The Morgan fingerprint density at radius 2 is 2.00 bits per heavy atom. The van der Waals surface area contributed by atoms with Crippen molar-refractivity contribution in [2.45, 2.75) is 31.7 Å². The normalized spacial score (nSPS) is 13.2. The quantitative estimate of drug-likeness (QED) is 0.795. The Labute approximate surface area is 95.2 Å². The molecule has 1 atom stereocenters. The Morgan fingerprint density at radius 1 is 1.33 bits per heavy atom. The zero-order chi connectivity index (χ0) is 11.4. The van der Waals surface area contributed by atoms with Gasteiger partial charge in [0.25, 0.3) is 0 Å². The maximum Gasteiger partial charge on any atom is 0.137 e. The summed E-state index contributed by atoms with van der Waals surface area (Å²) in [4.78, 5) is 0.716. The molecule has 0 aliphatic heterocycles. The predicted octanol–water partition coefficient (Wildman–Crippen LogP) is 3.59. The second kappa shape index (κ2) is 5.52. The van der Waals surface area contributed by atoms with Crippen molar-refractivity contribution in [1.29, 1.82) is 0 Å². The molecule has 0 saturated heterocycles. The van der Waals surface area contributed by atoms with Gasteiger partial charge in [0.2, 0.25) is 0 Å². The molecule has 0 heterocycles. The molecule has 1 nitrogen and oxygen atoms in total. The van der Waals surface area contributed by atoms with E-state index in [9.17, 15) is 4.39 Å². The predicted molar refractivity (Wildman–Crippen MR) is 64.6 cm³/mol. The lowest BCUT2D eigenvalue weighted by Crippen LogP contribution is -2.05. The monoisotopic (exact) mass is 227 g/mol. The van der Waals surface area contributed by atoms with Crippen molar-refractivity contribution in [2.24, 2.45) is 11.7 Å². The minimum absolute atomic E-state index is 0.108. The summed E-state index contributed by atoms with van der Waals surface area (Å²) >= 11 is 1.56. The summed E-state index contributed by atoms with van der Waals surface area (Å²) in [6, 6.07) is 5.15. The van der Waals surface area contributed by atoms with Crippen LogP contribution in [0.5, 0.6) is 0 Å². The maximum absolute atomic E-state index is 13.6. The first kappa shape index (κ1) is 12.5. The van der Waals surface area contributed by atoms with Crippen LogP contribution in [0.25, 0.3) is 0 Å². The molecule has 0 saturated carbocycles. The van der Waals surface area contributed by atoms with Crippen LogP contribution in [0.15, 0.2) is 23.1 Å². The highest BCUT2D eigenvalue weighted by Crippen LogP contribution is 2.25. The van der Waals surface area contributed by atoms with Gasteiger partial charge in [-0.2, -0.15) is 0 Å². The van der Waals surface area contributed by atoms with Gasteiger partial charge in [-0.1, -0.05) is 19.9 Å². The molecule has 1 unspecified atom stereocenters. The Bertz CT molecular complexity index is 323. The van der Waals surface area contributed by atoms with E-state index in [1.54, 1.807) is 11.8 Å². The molecule has 1 aromatic rings. The Hall–Kier alpha value is -0.540. The molecule has 0 radical (unpaired) electrons. The number of hydrogen-bond acceptors (Lipinski definition) is 2. The first-order chi connectivity index (χ1) is 7.00. The van der Waals surface area contributed by atoms with Crippen LogP contribution >= 0.6 is 11.8 Å². The van der Waals surface area contributed by atoms with Gasteiger partial charge in [-0.05, 0) is 30.5 Å². The van der Waals surface area contributed by atoms with E-state index in [1.807, 2.05) is 19.1 Å². The van der Waals surface area contributed by atoms with Crippen LogP contribution in [0.2, 0.25) is 0 Å². The van der Waals surface area contributed by atoms with Gasteiger partial charge in [0.05, 0.1) is 0 Å². The lowest BCUT2D eigenvalue weighted by atomic mass is 10.1. The van der Waals surface area contributed by atoms with E-state index in [1.165, 1.54) is 6.07 Å². The molecule has 0 aliphatic carbocycles. The Balaban J connectivity index is 2.75.